The molecule has 2 unspecified atom stereocenters. The molecule has 7 nitrogen and oxygen atoms in total. The normalized spacial score (nSPS) is 24.4. The van der Waals surface area contributed by atoms with E-state index in [1.807, 2.05) is 6.92 Å². The number of methoxy groups -OCH3 is 1. The van der Waals surface area contributed by atoms with Gasteiger partial charge in [-0.05, 0) is 44.4 Å². The topological polar surface area (TPSA) is 102 Å². The molecular weight excluding hydrogens is 346 g/mol. The third-order valence-electron chi connectivity index (χ3n) is 5.43. The Balaban J connectivity index is 1.82. The van der Waals surface area contributed by atoms with E-state index in [1.165, 1.54) is 25.3 Å². The molecule has 0 heterocycles. The number of rotatable bonds is 7. The number of hydrogen-bond donors (Lipinski definition) is 2. The predicted molar refractivity (Wildman–Crippen MR) is 90.4 cm³/mol. The summed E-state index contributed by atoms with van der Waals surface area (Å²) >= 11 is 0. The average molecular weight is 369 g/mol. The summed E-state index contributed by atoms with van der Waals surface area (Å²) in [5.74, 6) is -1.11. The van der Waals surface area contributed by atoms with Crippen molar-refractivity contribution in [3.63, 3.8) is 0 Å². The minimum absolute atomic E-state index is 0.0219. The van der Waals surface area contributed by atoms with Crippen LogP contribution >= 0.6 is 0 Å². The Morgan fingerprint density at radius 1 is 1.40 bits per heavy atom. The first-order valence-electron chi connectivity index (χ1n) is 8.39. The van der Waals surface area contributed by atoms with E-state index in [1.54, 1.807) is 0 Å². The van der Waals surface area contributed by atoms with Crippen LogP contribution in [0.15, 0.2) is 23.1 Å². The van der Waals surface area contributed by atoms with Crippen LogP contribution in [0.25, 0.3) is 0 Å². The maximum atomic E-state index is 12.8. The van der Waals surface area contributed by atoms with Crippen molar-refractivity contribution < 1.29 is 27.8 Å². The number of sulfonamides is 1. The van der Waals surface area contributed by atoms with Gasteiger partial charge in [0.05, 0.1) is 18.8 Å². The zero-order valence-corrected chi connectivity index (χ0v) is 15.1. The Hall–Kier alpha value is -1.64. The van der Waals surface area contributed by atoms with E-state index >= 15 is 0 Å². The summed E-state index contributed by atoms with van der Waals surface area (Å²) in [4.78, 5) is 11.0. The molecule has 2 fully saturated rings. The van der Waals surface area contributed by atoms with Crippen LogP contribution in [-0.4, -0.2) is 45.4 Å². The molecule has 2 aliphatic carbocycles. The summed E-state index contributed by atoms with van der Waals surface area (Å²) in [6, 6.07) is 3.60. The fourth-order valence-electron chi connectivity index (χ4n) is 3.88. The van der Waals surface area contributed by atoms with Crippen LogP contribution in [0.2, 0.25) is 0 Å². The molecule has 1 spiro atoms. The van der Waals surface area contributed by atoms with Crippen LogP contribution in [0.1, 0.15) is 43.0 Å². The fraction of sp³-hybridized carbons (Fsp3) is 0.588. The Labute approximate surface area is 147 Å². The lowest BCUT2D eigenvalue weighted by Gasteiger charge is -2.60. The van der Waals surface area contributed by atoms with Crippen molar-refractivity contribution in [2.75, 3.05) is 13.7 Å². The molecule has 0 aliphatic heterocycles. The van der Waals surface area contributed by atoms with E-state index in [0.717, 1.165) is 19.3 Å². The lowest BCUT2D eigenvalue weighted by Crippen LogP contribution is -2.67. The van der Waals surface area contributed by atoms with Crippen LogP contribution in [0.3, 0.4) is 0 Å². The summed E-state index contributed by atoms with van der Waals surface area (Å²) in [6.07, 6.45) is 3.76. The van der Waals surface area contributed by atoms with Gasteiger partial charge in [0.2, 0.25) is 10.0 Å². The van der Waals surface area contributed by atoms with E-state index in [0.29, 0.717) is 13.0 Å². The lowest BCUT2D eigenvalue weighted by molar-refractivity contribution is -0.167. The second-order valence-electron chi connectivity index (χ2n) is 6.61. The van der Waals surface area contributed by atoms with Gasteiger partial charge in [0, 0.05) is 18.1 Å². The molecule has 1 aromatic carbocycles. The SMILES string of the molecule is CCOC1CC(NS(=O)(=O)c2ccc(C(=O)O)cc2OC)C12CCC2. The van der Waals surface area contributed by atoms with Gasteiger partial charge in [0.25, 0.3) is 0 Å². The Bertz CT molecular complexity index is 771. The number of carboxylic acid groups (broad SMARTS) is 1. The number of carbonyl (C=O) groups is 1. The van der Waals surface area contributed by atoms with Crippen LogP contribution < -0.4 is 9.46 Å². The number of nitrogens with one attached hydrogen (secondary N) is 1. The number of aromatic carboxylic acids is 1. The highest BCUT2D eigenvalue weighted by atomic mass is 32.2. The summed E-state index contributed by atoms with van der Waals surface area (Å²) in [6.45, 7) is 2.56. The van der Waals surface area contributed by atoms with E-state index in [2.05, 4.69) is 4.72 Å². The number of hydrogen-bond acceptors (Lipinski definition) is 5. The van der Waals surface area contributed by atoms with Crippen molar-refractivity contribution in [3.8, 4) is 5.75 Å². The molecule has 8 heteroatoms. The number of benzene rings is 1. The monoisotopic (exact) mass is 369 g/mol. The number of ether oxygens (including phenoxy) is 2. The van der Waals surface area contributed by atoms with Gasteiger partial charge in [-0.3, -0.25) is 0 Å². The van der Waals surface area contributed by atoms with Crippen LogP contribution in [0.4, 0.5) is 0 Å². The minimum atomic E-state index is -3.81. The van der Waals surface area contributed by atoms with Crippen molar-refractivity contribution in [3.05, 3.63) is 23.8 Å². The Kier molecular flexibility index (Phi) is 4.78. The third kappa shape index (κ3) is 3.02. The van der Waals surface area contributed by atoms with Crippen molar-refractivity contribution in [2.45, 2.75) is 49.6 Å². The molecule has 0 radical (unpaired) electrons. The molecule has 138 valence electrons. The highest BCUT2D eigenvalue weighted by molar-refractivity contribution is 7.89. The van der Waals surface area contributed by atoms with Crippen molar-refractivity contribution in [2.24, 2.45) is 5.41 Å². The first-order chi connectivity index (χ1) is 11.8. The van der Waals surface area contributed by atoms with Gasteiger partial charge in [-0.2, -0.15) is 0 Å². The average Bonchev–Trinajstić information content (AvgIpc) is 2.51. The molecular formula is C17H23NO6S. The summed E-state index contributed by atoms with van der Waals surface area (Å²) in [5.41, 5.74) is -0.122. The maximum Gasteiger partial charge on any atom is 0.335 e. The summed E-state index contributed by atoms with van der Waals surface area (Å²) in [5, 5.41) is 9.04. The highest BCUT2D eigenvalue weighted by Gasteiger charge is 2.59. The molecule has 1 aromatic rings. The standard InChI is InChI=1S/C17H23NO6S/c1-3-24-15-10-14(17(15)7-4-8-17)18-25(21,22)13-6-5-11(16(19)20)9-12(13)23-2/h5-6,9,14-15,18H,3-4,7-8,10H2,1-2H3,(H,19,20). The Morgan fingerprint density at radius 3 is 2.64 bits per heavy atom. The fourth-order valence-corrected chi connectivity index (χ4v) is 5.36. The van der Waals surface area contributed by atoms with Gasteiger partial charge in [-0.25, -0.2) is 17.9 Å². The molecule has 2 atom stereocenters. The van der Waals surface area contributed by atoms with Gasteiger partial charge in [0.15, 0.2) is 0 Å². The maximum absolute atomic E-state index is 12.8. The number of carboxylic acids is 1. The van der Waals surface area contributed by atoms with E-state index in [9.17, 15) is 13.2 Å². The molecule has 2 saturated carbocycles. The first-order valence-corrected chi connectivity index (χ1v) is 9.87. The second-order valence-corrected chi connectivity index (χ2v) is 8.29. The smallest absolute Gasteiger partial charge is 0.335 e. The van der Waals surface area contributed by atoms with Crippen LogP contribution in [0, 0.1) is 5.41 Å². The molecule has 0 saturated heterocycles. The second kappa shape index (κ2) is 6.59. The van der Waals surface area contributed by atoms with Crippen LogP contribution in [-0.2, 0) is 14.8 Å². The van der Waals surface area contributed by atoms with Gasteiger partial charge in [0.1, 0.15) is 10.6 Å². The zero-order valence-electron chi connectivity index (χ0n) is 14.3. The molecule has 0 bridgehead atoms. The highest BCUT2D eigenvalue weighted by Crippen LogP contribution is 2.57. The van der Waals surface area contributed by atoms with E-state index < -0.39 is 16.0 Å². The third-order valence-corrected chi connectivity index (χ3v) is 6.95. The van der Waals surface area contributed by atoms with Crippen molar-refractivity contribution >= 4 is 16.0 Å². The minimum Gasteiger partial charge on any atom is -0.495 e. The largest absolute Gasteiger partial charge is 0.495 e. The Morgan fingerprint density at radius 2 is 2.12 bits per heavy atom. The molecule has 0 aromatic heterocycles. The lowest BCUT2D eigenvalue weighted by atomic mass is 9.51. The van der Waals surface area contributed by atoms with Crippen molar-refractivity contribution in [1.82, 2.24) is 4.72 Å². The van der Waals surface area contributed by atoms with Gasteiger partial charge in [-0.1, -0.05) is 6.42 Å². The summed E-state index contributed by atoms with van der Waals surface area (Å²) in [7, 11) is -2.49. The first kappa shape index (κ1) is 18.2. The molecule has 2 aliphatic rings. The van der Waals surface area contributed by atoms with Crippen LogP contribution in [0.5, 0.6) is 5.75 Å². The summed E-state index contributed by atoms with van der Waals surface area (Å²) < 4.78 is 39.2. The van der Waals surface area contributed by atoms with Gasteiger partial charge >= 0.3 is 5.97 Å². The zero-order chi connectivity index (χ0) is 18.2. The van der Waals surface area contributed by atoms with E-state index in [4.69, 9.17) is 14.6 Å². The molecule has 2 N–H and O–H groups in total. The van der Waals surface area contributed by atoms with Gasteiger partial charge in [-0.15, -0.1) is 0 Å². The van der Waals surface area contributed by atoms with E-state index in [-0.39, 0.29) is 33.8 Å². The molecule has 25 heavy (non-hydrogen) atoms. The quantitative estimate of drug-likeness (QED) is 0.762. The molecule has 3 rings (SSSR count). The van der Waals surface area contributed by atoms with Gasteiger partial charge < -0.3 is 14.6 Å². The molecule has 0 amide bonds. The van der Waals surface area contributed by atoms with Crippen molar-refractivity contribution in [1.29, 1.82) is 0 Å². The predicted octanol–water partition coefficient (Wildman–Crippen LogP) is 2.02.